The number of benzene rings is 1. The van der Waals surface area contributed by atoms with E-state index in [1.54, 1.807) is 0 Å². The summed E-state index contributed by atoms with van der Waals surface area (Å²) in [7, 11) is 0. The van der Waals surface area contributed by atoms with Gasteiger partial charge in [-0.3, -0.25) is 0 Å². The second-order valence-electron chi connectivity index (χ2n) is 2.40. The summed E-state index contributed by atoms with van der Waals surface area (Å²) >= 11 is 17.6. The van der Waals surface area contributed by atoms with E-state index in [4.69, 9.17) is 23.2 Å². The Morgan fingerprint density at radius 3 is 2.08 bits per heavy atom. The van der Waals surface area contributed by atoms with E-state index >= 15 is 0 Å². The zero-order chi connectivity index (χ0) is 9.30. The lowest BCUT2D eigenvalue weighted by molar-refractivity contribution is 1.12. The molecule has 4 heteroatoms. The first-order valence-electron chi connectivity index (χ1n) is 3.31. The summed E-state index contributed by atoms with van der Waals surface area (Å²) in [6.07, 6.45) is 0. The lowest BCUT2D eigenvalue weighted by atomic mass is 10.2. The second kappa shape index (κ2) is 4.49. The number of hydrogen-bond donors (Lipinski definition) is 0. The fourth-order valence-corrected chi connectivity index (χ4v) is 3.50. The van der Waals surface area contributed by atoms with E-state index in [-0.39, 0.29) is 4.83 Å². The van der Waals surface area contributed by atoms with Crippen LogP contribution in [-0.2, 0) is 0 Å². The van der Waals surface area contributed by atoms with Crippen molar-refractivity contribution in [1.82, 2.24) is 0 Å². The Labute approximate surface area is 104 Å². The van der Waals surface area contributed by atoms with Crippen molar-refractivity contribution in [2.24, 2.45) is 0 Å². The SMILES string of the molecule is CC(Br)c1c(Cl)cc(I)cc1Cl. The molecule has 0 fully saturated rings. The molecular weight excluding hydrogens is 374 g/mol. The Hall–Kier alpha value is 1.01. The molecule has 0 aromatic heterocycles. The summed E-state index contributed by atoms with van der Waals surface area (Å²) in [6.45, 7) is 2.00. The Bertz CT molecular complexity index is 276. The molecule has 0 nitrogen and oxygen atoms in total. The van der Waals surface area contributed by atoms with Gasteiger partial charge in [-0.15, -0.1) is 0 Å². The molecule has 0 aliphatic rings. The summed E-state index contributed by atoms with van der Waals surface area (Å²) in [5.74, 6) is 0. The van der Waals surface area contributed by atoms with Crippen molar-refractivity contribution in [2.45, 2.75) is 11.8 Å². The number of hydrogen-bond acceptors (Lipinski definition) is 0. The molecule has 0 radical (unpaired) electrons. The second-order valence-corrected chi connectivity index (χ2v) is 5.83. The molecule has 0 spiro atoms. The number of halogens is 4. The third-order valence-corrected chi connectivity index (χ3v) is 3.15. The Morgan fingerprint density at radius 2 is 1.75 bits per heavy atom. The van der Waals surface area contributed by atoms with Crippen LogP contribution in [0.15, 0.2) is 12.1 Å². The van der Waals surface area contributed by atoms with Crippen LogP contribution in [0.3, 0.4) is 0 Å². The number of alkyl halides is 1. The predicted molar refractivity (Wildman–Crippen MR) is 66.5 cm³/mol. The summed E-state index contributed by atoms with van der Waals surface area (Å²) < 4.78 is 1.06. The number of rotatable bonds is 1. The molecule has 1 aromatic carbocycles. The smallest absolute Gasteiger partial charge is 0.0474 e. The van der Waals surface area contributed by atoms with Crippen LogP contribution < -0.4 is 0 Å². The van der Waals surface area contributed by atoms with E-state index in [0.717, 1.165) is 19.2 Å². The quantitative estimate of drug-likeness (QED) is 0.473. The van der Waals surface area contributed by atoms with Crippen LogP contribution >= 0.6 is 61.7 Å². The molecule has 1 rings (SSSR count). The molecule has 0 amide bonds. The van der Waals surface area contributed by atoms with Crippen LogP contribution in [0.2, 0.25) is 10.0 Å². The molecule has 0 aliphatic carbocycles. The van der Waals surface area contributed by atoms with Crippen LogP contribution in [0, 0.1) is 3.57 Å². The topological polar surface area (TPSA) is 0 Å². The van der Waals surface area contributed by atoms with E-state index in [1.165, 1.54) is 0 Å². The average Bonchev–Trinajstić information content (AvgIpc) is 1.82. The zero-order valence-electron chi connectivity index (χ0n) is 6.24. The third-order valence-electron chi connectivity index (χ3n) is 1.44. The highest BCUT2D eigenvalue weighted by atomic mass is 127. The van der Waals surface area contributed by atoms with E-state index < -0.39 is 0 Å². The van der Waals surface area contributed by atoms with Crippen LogP contribution in [0.1, 0.15) is 17.3 Å². The van der Waals surface area contributed by atoms with Crippen molar-refractivity contribution in [3.8, 4) is 0 Å². The fourth-order valence-electron chi connectivity index (χ4n) is 0.933. The molecule has 1 unspecified atom stereocenters. The van der Waals surface area contributed by atoms with Gasteiger partial charge in [-0.2, -0.15) is 0 Å². The highest BCUT2D eigenvalue weighted by molar-refractivity contribution is 14.1. The van der Waals surface area contributed by atoms with Crippen molar-refractivity contribution >= 4 is 61.7 Å². The minimum atomic E-state index is 0.189. The molecular formula is C8H6BrCl2I. The summed E-state index contributed by atoms with van der Waals surface area (Å²) in [5.41, 5.74) is 0.957. The van der Waals surface area contributed by atoms with Crippen LogP contribution in [0.25, 0.3) is 0 Å². The lowest BCUT2D eigenvalue weighted by Gasteiger charge is -2.09. The van der Waals surface area contributed by atoms with Crippen LogP contribution in [-0.4, -0.2) is 0 Å². The van der Waals surface area contributed by atoms with E-state index in [0.29, 0.717) is 0 Å². The maximum atomic E-state index is 6.01. The van der Waals surface area contributed by atoms with E-state index in [9.17, 15) is 0 Å². The standard InChI is InChI=1S/C8H6BrCl2I/c1-4(9)8-6(10)2-5(12)3-7(8)11/h2-4H,1H3. The molecule has 0 saturated heterocycles. The van der Waals surface area contributed by atoms with Crippen LogP contribution in [0.5, 0.6) is 0 Å². The van der Waals surface area contributed by atoms with Crippen molar-refractivity contribution in [3.63, 3.8) is 0 Å². The van der Waals surface area contributed by atoms with Crippen molar-refractivity contribution in [3.05, 3.63) is 31.3 Å². The van der Waals surface area contributed by atoms with Crippen LogP contribution in [0.4, 0.5) is 0 Å². The molecule has 12 heavy (non-hydrogen) atoms. The first kappa shape index (κ1) is 11.1. The zero-order valence-corrected chi connectivity index (χ0v) is 11.5. The van der Waals surface area contributed by atoms with Crippen molar-refractivity contribution in [1.29, 1.82) is 0 Å². The highest BCUT2D eigenvalue weighted by Gasteiger charge is 2.11. The van der Waals surface area contributed by atoms with Gasteiger partial charge in [0.25, 0.3) is 0 Å². The Balaban J connectivity index is 3.28. The van der Waals surface area contributed by atoms with Gasteiger partial charge in [0.2, 0.25) is 0 Å². The highest BCUT2D eigenvalue weighted by Crippen LogP contribution is 2.35. The molecule has 0 saturated carbocycles. The van der Waals surface area contributed by atoms with Gasteiger partial charge in [0.05, 0.1) is 0 Å². The van der Waals surface area contributed by atoms with Gasteiger partial charge in [-0.05, 0) is 41.6 Å². The first-order chi connectivity index (χ1) is 5.52. The molecule has 0 heterocycles. The minimum absolute atomic E-state index is 0.189. The molecule has 0 N–H and O–H groups in total. The summed E-state index contributed by atoms with van der Waals surface area (Å²) in [5, 5.41) is 1.44. The Kier molecular flexibility index (Phi) is 4.15. The predicted octanol–water partition coefficient (Wildman–Crippen LogP) is 5.05. The van der Waals surface area contributed by atoms with Gasteiger partial charge in [0, 0.05) is 24.0 Å². The van der Waals surface area contributed by atoms with Crippen molar-refractivity contribution < 1.29 is 0 Å². The monoisotopic (exact) mass is 378 g/mol. The summed E-state index contributed by atoms with van der Waals surface area (Å²) in [4.78, 5) is 0.189. The average molecular weight is 380 g/mol. The molecule has 0 aliphatic heterocycles. The maximum absolute atomic E-state index is 6.01. The van der Waals surface area contributed by atoms with Gasteiger partial charge >= 0.3 is 0 Å². The van der Waals surface area contributed by atoms with Gasteiger partial charge < -0.3 is 0 Å². The Morgan fingerprint density at radius 1 is 1.33 bits per heavy atom. The first-order valence-corrected chi connectivity index (χ1v) is 6.06. The fraction of sp³-hybridized carbons (Fsp3) is 0.250. The maximum Gasteiger partial charge on any atom is 0.0474 e. The normalized spacial score (nSPS) is 13.1. The van der Waals surface area contributed by atoms with Gasteiger partial charge in [-0.1, -0.05) is 39.1 Å². The van der Waals surface area contributed by atoms with E-state index in [1.807, 2.05) is 19.1 Å². The van der Waals surface area contributed by atoms with E-state index in [2.05, 4.69) is 38.5 Å². The molecule has 1 atom stereocenters. The van der Waals surface area contributed by atoms with Gasteiger partial charge in [0.15, 0.2) is 0 Å². The lowest BCUT2D eigenvalue weighted by Crippen LogP contribution is -1.88. The third kappa shape index (κ3) is 2.50. The molecule has 1 aromatic rings. The largest absolute Gasteiger partial charge is 0.0841 e. The molecule has 66 valence electrons. The summed E-state index contributed by atoms with van der Waals surface area (Å²) in [6, 6.07) is 3.81. The van der Waals surface area contributed by atoms with Crippen molar-refractivity contribution in [2.75, 3.05) is 0 Å². The minimum Gasteiger partial charge on any atom is -0.0841 e. The molecule has 0 bridgehead atoms. The van der Waals surface area contributed by atoms with Gasteiger partial charge in [-0.25, -0.2) is 0 Å². The van der Waals surface area contributed by atoms with Gasteiger partial charge in [0.1, 0.15) is 0 Å².